The van der Waals surface area contributed by atoms with E-state index in [1.165, 1.54) is 16.8 Å². The summed E-state index contributed by atoms with van der Waals surface area (Å²) >= 11 is 0. The number of cyclic esters (lactones) is 1. The topological polar surface area (TPSA) is 192 Å². The minimum atomic E-state index is -1.96. The Labute approximate surface area is 229 Å². The summed E-state index contributed by atoms with van der Waals surface area (Å²) in [5.74, 6) is -0.819. The molecule has 0 spiro atoms. The molecule has 0 fully saturated rings. The molecule has 14 heteroatoms. The number of nitro benzene ring substituents is 2. The number of hydrazone groups is 1. The minimum absolute atomic E-state index is 0.0120. The van der Waals surface area contributed by atoms with Gasteiger partial charge < -0.3 is 14.4 Å². The highest BCUT2D eigenvalue weighted by atomic mass is 16.6. The van der Waals surface area contributed by atoms with Crippen LogP contribution in [0.3, 0.4) is 0 Å². The molecule has 2 aromatic carbocycles. The van der Waals surface area contributed by atoms with Crippen LogP contribution < -0.4 is 11.0 Å². The molecule has 0 saturated carbocycles. The third kappa shape index (κ3) is 3.91. The van der Waals surface area contributed by atoms with Gasteiger partial charge in [-0.15, -0.1) is 0 Å². The molecule has 1 atom stereocenters. The van der Waals surface area contributed by atoms with Crippen LogP contribution in [0, 0.1) is 20.2 Å². The highest BCUT2D eigenvalue weighted by Crippen LogP contribution is 2.40. The number of para-hydroxylation sites is 1. The monoisotopic (exact) mass is 556 g/mol. The molecule has 0 unspecified atom stereocenters. The van der Waals surface area contributed by atoms with E-state index in [1.807, 2.05) is 6.07 Å². The Bertz CT molecular complexity index is 1920. The van der Waals surface area contributed by atoms with Crippen molar-refractivity contribution in [1.82, 2.24) is 9.55 Å². The minimum Gasteiger partial charge on any atom is -0.458 e. The van der Waals surface area contributed by atoms with E-state index in [9.17, 15) is 34.9 Å². The lowest BCUT2D eigenvalue weighted by Crippen LogP contribution is -2.44. The second-order valence-corrected chi connectivity index (χ2v) is 9.56. The van der Waals surface area contributed by atoms with E-state index in [0.717, 1.165) is 12.1 Å². The first-order chi connectivity index (χ1) is 19.6. The zero-order valence-electron chi connectivity index (χ0n) is 21.4. The van der Waals surface area contributed by atoms with Gasteiger partial charge in [-0.3, -0.25) is 30.4 Å². The van der Waals surface area contributed by atoms with E-state index >= 15 is 0 Å². The summed E-state index contributed by atoms with van der Waals surface area (Å²) in [4.78, 5) is 51.9. The summed E-state index contributed by atoms with van der Waals surface area (Å²) in [6.45, 7) is 1.48. The number of aliphatic hydroxyl groups is 1. The van der Waals surface area contributed by atoms with Gasteiger partial charge in [-0.2, -0.15) is 5.10 Å². The highest BCUT2D eigenvalue weighted by Gasteiger charge is 2.45. The van der Waals surface area contributed by atoms with Crippen LogP contribution in [0.25, 0.3) is 22.3 Å². The van der Waals surface area contributed by atoms with Crippen LogP contribution in [0.2, 0.25) is 0 Å². The van der Waals surface area contributed by atoms with E-state index in [0.29, 0.717) is 33.4 Å². The molecule has 6 rings (SSSR count). The number of benzene rings is 2. The normalized spacial score (nSPS) is 17.2. The molecule has 2 aliphatic rings. The average molecular weight is 556 g/mol. The molecule has 4 aromatic rings. The Morgan fingerprint density at radius 3 is 2.66 bits per heavy atom. The number of carbonyl (C=O) groups is 1. The van der Waals surface area contributed by atoms with E-state index in [-0.39, 0.29) is 36.4 Å². The summed E-state index contributed by atoms with van der Waals surface area (Å²) in [6.07, 6.45) is 1.46. The number of hydrogen-bond donors (Lipinski definition) is 2. The molecule has 14 nitrogen and oxygen atoms in total. The Hall–Kier alpha value is -5.50. The van der Waals surface area contributed by atoms with Crippen molar-refractivity contribution in [3.63, 3.8) is 0 Å². The van der Waals surface area contributed by atoms with Crippen molar-refractivity contribution in [3.8, 4) is 11.4 Å². The molecule has 206 valence electrons. The quantitative estimate of drug-likeness (QED) is 0.136. The predicted octanol–water partition coefficient (Wildman–Crippen LogP) is 3.34. The van der Waals surface area contributed by atoms with Crippen molar-refractivity contribution >= 4 is 40.1 Å². The van der Waals surface area contributed by atoms with Crippen molar-refractivity contribution in [3.05, 3.63) is 101 Å². The summed E-state index contributed by atoms with van der Waals surface area (Å²) in [5, 5.41) is 38.6. The fourth-order valence-corrected chi connectivity index (χ4v) is 5.25. The van der Waals surface area contributed by atoms with Gasteiger partial charge in [0.2, 0.25) is 0 Å². The van der Waals surface area contributed by atoms with Gasteiger partial charge in [0.15, 0.2) is 5.60 Å². The number of anilines is 1. The molecular formula is C27H20N6O8. The van der Waals surface area contributed by atoms with E-state index in [4.69, 9.17) is 9.72 Å². The van der Waals surface area contributed by atoms with Crippen LogP contribution in [0.5, 0.6) is 0 Å². The molecule has 0 amide bonds. The average Bonchev–Trinajstić information content (AvgIpc) is 3.33. The number of esters is 1. The molecule has 0 bridgehead atoms. The lowest BCUT2D eigenvalue weighted by Gasteiger charge is -2.31. The van der Waals surface area contributed by atoms with Crippen molar-refractivity contribution < 1.29 is 24.5 Å². The van der Waals surface area contributed by atoms with Crippen molar-refractivity contribution in [2.45, 2.75) is 32.1 Å². The number of hydrogen-bond acceptors (Lipinski definition) is 11. The lowest BCUT2D eigenvalue weighted by atomic mass is 9.86. The van der Waals surface area contributed by atoms with Crippen LogP contribution in [0.1, 0.15) is 35.6 Å². The fourth-order valence-electron chi connectivity index (χ4n) is 5.25. The first-order valence-electron chi connectivity index (χ1n) is 12.4. The predicted molar refractivity (Wildman–Crippen MR) is 145 cm³/mol. The fraction of sp³-hybridized carbons (Fsp3) is 0.185. The molecular weight excluding hydrogens is 536 g/mol. The van der Waals surface area contributed by atoms with Crippen LogP contribution >= 0.6 is 0 Å². The Kier molecular flexibility index (Phi) is 5.85. The number of nitrogens with zero attached hydrogens (tertiary/aromatic N) is 5. The largest absolute Gasteiger partial charge is 0.458 e. The van der Waals surface area contributed by atoms with Gasteiger partial charge in [-0.1, -0.05) is 25.1 Å². The molecule has 0 aliphatic carbocycles. The Morgan fingerprint density at radius 1 is 1.15 bits per heavy atom. The molecule has 0 saturated heterocycles. The van der Waals surface area contributed by atoms with Crippen LogP contribution in [-0.2, 0) is 28.3 Å². The van der Waals surface area contributed by atoms with E-state index in [1.54, 1.807) is 31.2 Å². The summed E-state index contributed by atoms with van der Waals surface area (Å²) < 4.78 is 6.62. The number of aromatic nitrogens is 2. The third-order valence-electron chi connectivity index (χ3n) is 7.41. The van der Waals surface area contributed by atoms with Gasteiger partial charge in [0.05, 0.1) is 51.1 Å². The smallest absolute Gasteiger partial charge is 0.343 e. The van der Waals surface area contributed by atoms with Crippen LogP contribution in [0.15, 0.2) is 58.4 Å². The number of rotatable bonds is 6. The van der Waals surface area contributed by atoms with Crippen molar-refractivity contribution in [1.29, 1.82) is 0 Å². The van der Waals surface area contributed by atoms with Crippen LogP contribution in [-0.4, -0.2) is 36.7 Å². The highest BCUT2D eigenvalue weighted by molar-refractivity contribution is 6.02. The van der Waals surface area contributed by atoms with Gasteiger partial charge in [-0.05, 0) is 24.6 Å². The SMILES string of the molecule is CC[C@@]1(O)C(=O)OCc2c1cc1n(c2=O)Cc2c-1nc1ccccc1c2C=NNc1ccc([N+](=O)[O-])cc1[N+](=O)[O-]. The van der Waals surface area contributed by atoms with Gasteiger partial charge in [0.25, 0.3) is 11.2 Å². The summed E-state index contributed by atoms with van der Waals surface area (Å²) in [7, 11) is 0. The Balaban J connectivity index is 1.48. The number of nitro groups is 2. The van der Waals surface area contributed by atoms with Crippen LogP contribution in [0.4, 0.5) is 17.1 Å². The molecule has 2 aromatic heterocycles. The number of nitrogens with one attached hydrogen (secondary N) is 1. The zero-order chi connectivity index (χ0) is 29.1. The first-order valence-corrected chi connectivity index (χ1v) is 12.4. The number of non-ortho nitro benzene ring substituents is 1. The molecule has 4 heterocycles. The van der Waals surface area contributed by atoms with Crippen molar-refractivity contribution in [2.24, 2.45) is 5.10 Å². The molecule has 0 radical (unpaired) electrons. The molecule has 41 heavy (non-hydrogen) atoms. The zero-order valence-corrected chi connectivity index (χ0v) is 21.4. The van der Waals surface area contributed by atoms with Gasteiger partial charge in [0.1, 0.15) is 12.3 Å². The van der Waals surface area contributed by atoms with Crippen molar-refractivity contribution in [2.75, 3.05) is 5.43 Å². The Morgan fingerprint density at radius 2 is 1.93 bits per heavy atom. The van der Waals surface area contributed by atoms with E-state index in [2.05, 4.69) is 10.5 Å². The second kappa shape index (κ2) is 9.31. The number of ether oxygens (including phenoxy) is 1. The van der Waals surface area contributed by atoms with Gasteiger partial charge in [0, 0.05) is 28.1 Å². The maximum atomic E-state index is 13.5. The van der Waals surface area contributed by atoms with E-state index < -0.39 is 38.4 Å². The number of fused-ring (bicyclic) bond motifs is 5. The summed E-state index contributed by atoms with van der Waals surface area (Å²) in [5.41, 5.74) is 2.28. The summed E-state index contributed by atoms with van der Waals surface area (Å²) in [6, 6.07) is 12.0. The molecule has 2 N–H and O–H groups in total. The number of pyridine rings is 2. The van der Waals surface area contributed by atoms with Gasteiger partial charge >= 0.3 is 11.7 Å². The maximum Gasteiger partial charge on any atom is 0.343 e. The first kappa shape index (κ1) is 25.8. The standard InChI is InChI=1S/C27H20N6O8/c1-2-27(36)19-10-23-24-17(12-31(23)25(34)18(19)13-41-26(27)35)16(15-5-3-4-6-20(15)29-24)11-28-30-21-8-7-14(32(37)38)9-22(21)33(39)40/h3-11,30,36H,2,12-13H2,1H3/t27-/m0/s1. The number of carbonyl (C=O) groups excluding carboxylic acids is 1. The van der Waals surface area contributed by atoms with Gasteiger partial charge in [-0.25, -0.2) is 9.78 Å². The second-order valence-electron chi connectivity index (χ2n) is 9.56. The third-order valence-corrected chi connectivity index (χ3v) is 7.41. The molecule has 2 aliphatic heterocycles. The maximum absolute atomic E-state index is 13.5. The lowest BCUT2D eigenvalue weighted by molar-refractivity contribution is -0.393.